The third-order valence-corrected chi connectivity index (χ3v) is 3.45. The molecule has 7 nitrogen and oxygen atoms in total. The SMILES string of the molecule is O=C(NCCC(O)C(O)c1ccc[nH]c1=O)OCc1ccccc1. The van der Waals surface area contributed by atoms with Crippen LogP contribution in [0.5, 0.6) is 0 Å². The number of aliphatic hydroxyl groups excluding tert-OH is 2. The van der Waals surface area contributed by atoms with Crippen LogP contribution < -0.4 is 10.9 Å². The molecule has 0 saturated carbocycles. The van der Waals surface area contributed by atoms with E-state index in [-0.39, 0.29) is 25.1 Å². The second kappa shape index (κ2) is 8.85. The smallest absolute Gasteiger partial charge is 0.407 e. The van der Waals surface area contributed by atoms with Crippen molar-refractivity contribution < 1.29 is 19.7 Å². The Balaban J connectivity index is 1.72. The Bertz CT molecular complexity index is 701. The van der Waals surface area contributed by atoms with Gasteiger partial charge in [0.1, 0.15) is 12.7 Å². The van der Waals surface area contributed by atoms with Gasteiger partial charge in [-0.05, 0) is 24.1 Å². The van der Waals surface area contributed by atoms with E-state index in [2.05, 4.69) is 10.3 Å². The van der Waals surface area contributed by atoms with Gasteiger partial charge in [0.05, 0.1) is 6.10 Å². The van der Waals surface area contributed by atoms with Gasteiger partial charge in [-0.15, -0.1) is 0 Å². The lowest BCUT2D eigenvalue weighted by atomic mass is 10.0. The molecule has 2 atom stereocenters. The van der Waals surface area contributed by atoms with Gasteiger partial charge in [-0.2, -0.15) is 0 Å². The number of hydrogen-bond acceptors (Lipinski definition) is 5. The second-order valence-corrected chi connectivity index (χ2v) is 5.24. The first kappa shape index (κ1) is 17.7. The number of ether oxygens (including phenoxy) is 1. The number of aromatic amines is 1. The van der Waals surface area contributed by atoms with E-state index in [9.17, 15) is 19.8 Å². The molecular weight excluding hydrogens is 312 g/mol. The third kappa shape index (κ3) is 5.22. The number of amides is 1. The average molecular weight is 332 g/mol. The van der Waals surface area contributed by atoms with Crippen LogP contribution >= 0.6 is 0 Å². The van der Waals surface area contributed by atoms with Crippen LogP contribution in [0.3, 0.4) is 0 Å². The quantitative estimate of drug-likeness (QED) is 0.606. The summed E-state index contributed by atoms with van der Waals surface area (Å²) in [5.74, 6) is 0. The summed E-state index contributed by atoms with van der Waals surface area (Å²) in [7, 11) is 0. The summed E-state index contributed by atoms with van der Waals surface area (Å²) in [5.41, 5.74) is 0.488. The van der Waals surface area contributed by atoms with E-state index in [1.807, 2.05) is 30.3 Å². The van der Waals surface area contributed by atoms with E-state index in [1.165, 1.54) is 12.3 Å². The van der Waals surface area contributed by atoms with Crippen LogP contribution in [0.25, 0.3) is 0 Å². The summed E-state index contributed by atoms with van der Waals surface area (Å²) < 4.78 is 5.02. The Hall–Kier alpha value is -2.64. The number of H-pyrrole nitrogens is 1. The number of rotatable bonds is 7. The highest BCUT2D eigenvalue weighted by Crippen LogP contribution is 2.14. The van der Waals surface area contributed by atoms with E-state index in [4.69, 9.17) is 4.74 Å². The predicted octanol–water partition coefficient (Wildman–Crippen LogP) is 1.09. The summed E-state index contributed by atoms with van der Waals surface area (Å²) in [5, 5.41) is 22.4. The molecule has 0 bridgehead atoms. The van der Waals surface area contributed by atoms with Crippen LogP contribution in [0, 0.1) is 0 Å². The number of aromatic nitrogens is 1. The zero-order valence-electron chi connectivity index (χ0n) is 13.0. The molecule has 0 aliphatic carbocycles. The molecule has 1 aromatic heterocycles. The maximum atomic E-state index is 11.6. The van der Waals surface area contributed by atoms with Gasteiger partial charge in [0.15, 0.2) is 0 Å². The van der Waals surface area contributed by atoms with Crippen molar-refractivity contribution in [2.45, 2.75) is 25.2 Å². The van der Waals surface area contributed by atoms with Gasteiger partial charge in [-0.3, -0.25) is 4.79 Å². The predicted molar refractivity (Wildman–Crippen MR) is 87.3 cm³/mol. The molecule has 0 fully saturated rings. The third-order valence-electron chi connectivity index (χ3n) is 3.45. The van der Waals surface area contributed by atoms with E-state index >= 15 is 0 Å². The molecule has 2 rings (SSSR count). The maximum absolute atomic E-state index is 11.6. The fourth-order valence-electron chi connectivity index (χ4n) is 2.13. The van der Waals surface area contributed by atoms with Crippen molar-refractivity contribution in [1.82, 2.24) is 10.3 Å². The second-order valence-electron chi connectivity index (χ2n) is 5.24. The number of carbonyl (C=O) groups excluding carboxylic acids is 1. The van der Waals surface area contributed by atoms with Gasteiger partial charge in [-0.25, -0.2) is 4.79 Å². The zero-order valence-corrected chi connectivity index (χ0v) is 13.0. The molecule has 1 amide bonds. The summed E-state index contributed by atoms with van der Waals surface area (Å²) in [4.78, 5) is 25.5. The Morgan fingerprint density at radius 1 is 1.17 bits per heavy atom. The number of aliphatic hydroxyl groups is 2. The molecule has 24 heavy (non-hydrogen) atoms. The highest BCUT2D eigenvalue weighted by Gasteiger charge is 2.20. The zero-order chi connectivity index (χ0) is 17.4. The number of pyridine rings is 1. The van der Waals surface area contributed by atoms with E-state index in [1.54, 1.807) is 6.07 Å². The maximum Gasteiger partial charge on any atom is 0.407 e. The van der Waals surface area contributed by atoms with Gasteiger partial charge >= 0.3 is 6.09 Å². The molecule has 0 radical (unpaired) electrons. The normalized spacial score (nSPS) is 13.1. The van der Waals surface area contributed by atoms with Crippen molar-refractivity contribution in [3.63, 3.8) is 0 Å². The molecule has 4 N–H and O–H groups in total. The van der Waals surface area contributed by atoms with Crippen LogP contribution in [0.2, 0.25) is 0 Å². The molecule has 0 aliphatic heterocycles. The first-order valence-corrected chi connectivity index (χ1v) is 7.56. The first-order valence-electron chi connectivity index (χ1n) is 7.56. The number of nitrogens with one attached hydrogen (secondary N) is 2. The minimum absolute atomic E-state index is 0.0793. The monoisotopic (exact) mass is 332 g/mol. The topological polar surface area (TPSA) is 112 Å². The molecule has 128 valence electrons. The van der Waals surface area contributed by atoms with Crippen molar-refractivity contribution in [2.24, 2.45) is 0 Å². The van der Waals surface area contributed by atoms with Gasteiger partial charge < -0.3 is 25.3 Å². The Labute approximate surface area is 138 Å². The first-order chi connectivity index (χ1) is 11.6. The molecule has 1 heterocycles. The number of benzene rings is 1. The summed E-state index contributed by atoms with van der Waals surface area (Å²) in [6.07, 6.45) is -1.59. The van der Waals surface area contributed by atoms with Crippen LogP contribution in [-0.4, -0.2) is 33.9 Å². The van der Waals surface area contributed by atoms with Crippen molar-refractivity contribution in [2.75, 3.05) is 6.54 Å². The Morgan fingerprint density at radius 3 is 2.62 bits per heavy atom. The Kier molecular flexibility index (Phi) is 6.53. The van der Waals surface area contributed by atoms with Gasteiger partial charge in [-0.1, -0.05) is 30.3 Å². The molecule has 1 aromatic carbocycles. The molecule has 2 unspecified atom stereocenters. The Morgan fingerprint density at radius 2 is 1.92 bits per heavy atom. The minimum atomic E-state index is -1.32. The lowest BCUT2D eigenvalue weighted by Crippen LogP contribution is -2.31. The van der Waals surface area contributed by atoms with Crippen LogP contribution in [-0.2, 0) is 11.3 Å². The number of hydrogen-bond donors (Lipinski definition) is 4. The standard InChI is InChI=1S/C17H20N2O5/c20-14(15(21)13-7-4-9-18-16(13)22)8-10-19-17(23)24-11-12-5-2-1-3-6-12/h1-7,9,14-15,20-21H,8,10-11H2,(H,18,22)(H,19,23). The molecule has 0 spiro atoms. The lowest BCUT2D eigenvalue weighted by Gasteiger charge is -2.17. The molecule has 7 heteroatoms. The van der Waals surface area contributed by atoms with Crippen molar-refractivity contribution in [3.8, 4) is 0 Å². The fourth-order valence-corrected chi connectivity index (χ4v) is 2.13. The summed E-state index contributed by atoms with van der Waals surface area (Å²) in [6, 6.07) is 12.2. The van der Waals surface area contributed by atoms with Crippen molar-refractivity contribution in [3.05, 3.63) is 70.1 Å². The van der Waals surface area contributed by atoms with Gasteiger partial charge in [0.2, 0.25) is 0 Å². The largest absolute Gasteiger partial charge is 0.445 e. The van der Waals surface area contributed by atoms with E-state index < -0.39 is 23.9 Å². The summed E-state index contributed by atoms with van der Waals surface area (Å²) >= 11 is 0. The van der Waals surface area contributed by atoms with Gasteiger partial charge in [0, 0.05) is 18.3 Å². The number of carbonyl (C=O) groups is 1. The lowest BCUT2D eigenvalue weighted by molar-refractivity contribution is 0.0128. The highest BCUT2D eigenvalue weighted by molar-refractivity contribution is 5.67. The van der Waals surface area contributed by atoms with Crippen LogP contribution in [0.4, 0.5) is 4.79 Å². The molecule has 2 aromatic rings. The fraction of sp³-hybridized carbons (Fsp3) is 0.294. The van der Waals surface area contributed by atoms with Gasteiger partial charge in [0.25, 0.3) is 5.56 Å². The molecular formula is C17H20N2O5. The van der Waals surface area contributed by atoms with E-state index in [0.717, 1.165) is 5.56 Å². The van der Waals surface area contributed by atoms with Crippen molar-refractivity contribution >= 4 is 6.09 Å². The summed E-state index contributed by atoms with van der Waals surface area (Å²) in [6.45, 7) is 0.258. The van der Waals surface area contributed by atoms with Crippen molar-refractivity contribution in [1.29, 1.82) is 0 Å². The minimum Gasteiger partial charge on any atom is -0.445 e. The highest BCUT2D eigenvalue weighted by atomic mass is 16.5. The molecule has 0 saturated heterocycles. The molecule has 0 aliphatic rings. The number of alkyl carbamates (subject to hydrolysis) is 1. The van der Waals surface area contributed by atoms with Crippen LogP contribution in [0.15, 0.2) is 53.5 Å². The van der Waals surface area contributed by atoms with E-state index in [0.29, 0.717) is 0 Å². The average Bonchev–Trinajstić information content (AvgIpc) is 2.60. The van der Waals surface area contributed by atoms with Crippen LogP contribution in [0.1, 0.15) is 23.7 Å².